The molecule has 1 amide bonds. The van der Waals surface area contributed by atoms with Crippen molar-refractivity contribution in [2.24, 2.45) is 5.92 Å². The highest BCUT2D eigenvalue weighted by molar-refractivity contribution is 5.81. The van der Waals surface area contributed by atoms with Crippen molar-refractivity contribution in [3.63, 3.8) is 0 Å². The maximum Gasteiger partial charge on any atom is 0.225 e. The van der Waals surface area contributed by atoms with Crippen LogP contribution in [-0.2, 0) is 4.79 Å². The number of nitrogen functional groups attached to an aromatic ring is 1. The molecule has 11 heteroatoms. The number of aromatic nitrogens is 4. The maximum absolute atomic E-state index is 12.3. The summed E-state index contributed by atoms with van der Waals surface area (Å²) in [6.07, 6.45) is 4.78. The second-order valence-electron chi connectivity index (χ2n) is 10.8. The van der Waals surface area contributed by atoms with Crippen LogP contribution in [0.3, 0.4) is 0 Å². The fourth-order valence-corrected chi connectivity index (χ4v) is 5.38. The van der Waals surface area contributed by atoms with E-state index in [1.807, 2.05) is 29.2 Å². The van der Waals surface area contributed by atoms with Crippen LogP contribution in [0.4, 0.5) is 17.3 Å². The minimum atomic E-state index is 0.158. The lowest BCUT2D eigenvalue weighted by molar-refractivity contribution is -0.134. The van der Waals surface area contributed by atoms with Crippen molar-refractivity contribution >= 4 is 23.2 Å². The van der Waals surface area contributed by atoms with Gasteiger partial charge in [0.05, 0.1) is 17.9 Å². The van der Waals surface area contributed by atoms with E-state index in [0.29, 0.717) is 35.4 Å². The standard InChI is InChI=1S/C30H35N9O2/c31-29-25(21-24(34-35-29)23-5-1-2-6-26(23)40)37-13-4-14-38(20-19-37)28-10-11-32-27(33-28)7-3-12-36-15-17-39(18-16-36)30(41)22-8-9-22/h1-2,5-6,10-11,21-22,40H,4,8-9,12-20H2,(H2,31,35). The van der Waals surface area contributed by atoms with Crippen LogP contribution in [0.1, 0.15) is 25.1 Å². The molecule has 0 radical (unpaired) electrons. The second kappa shape index (κ2) is 12.0. The number of piperazine rings is 1. The Morgan fingerprint density at radius 3 is 2.56 bits per heavy atom. The highest BCUT2D eigenvalue weighted by Gasteiger charge is 2.34. The molecule has 0 spiro atoms. The monoisotopic (exact) mass is 553 g/mol. The maximum atomic E-state index is 12.3. The Kier molecular flexibility index (Phi) is 7.82. The molecule has 212 valence electrons. The van der Waals surface area contributed by atoms with Gasteiger partial charge in [0.15, 0.2) is 5.82 Å². The van der Waals surface area contributed by atoms with Gasteiger partial charge in [0.2, 0.25) is 11.7 Å². The van der Waals surface area contributed by atoms with Crippen molar-refractivity contribution in [2.75, 3.05) is 74.4 Å². The van der Waals surface area contributed by atoms with Gasteiger partial charge in [-0.2, -0.15) is 0 Å². The van der Waals surface area contributed by atoms with Crippen molar-refractivity contribution in [3.05, 3.63) is 48.4 Å². The third-order valence-corrected chi connectivity index (χ3v) is 7.90. The number of carbonyl (C=O) groups is 1. The SMILES string of the molecule is Nc1nnc(-c2ccccc2O)cc1N1CCCN(c2ccnc(C#CCN3CCN(C(=O)C4CC4)CC3)n2)CC1. The minimum Gasteiger partial charge on any atom is -0.507 e. The Morgan fingerprint density at radius 1 is 0.976 bits per heavy atom. The number of hydrogen-bond acceptors (Lipinski definition) is 10. The van der Waals surface area contributed by atoms with Crippen molar-refractivity contribution in [2.45, 2.75) is 19.3 Å². The molecule has 0 bridgehead atoms. The summed E-state index contributed by atoms with van der Waals surface area (Å²) in [5, 5.41) is 18.7. The average molecular weight is 554 g/mol. The molecule has 3 aromatic rings. The van der Waals surface area contributed by atoms with Crippen LogP contribution < -0.4 is 15.5 Å². The third-order valence-electron chi connectivity index (χ3n) is 7.90. The first-order valence-electron chi connectivity index (χ1n) is 14.3. The fourth-order valence-electron chi connectivity index (χ4n) is 5.38. The lowest BCUT2D eigenvalue weighted by Gasteiger charge is -2.33. The van der Waals surface area contributed by atoms with Crippen molar-refractivity contribution in [3.8, 4) is 28.8 Å². The van der Waals surface area contributed by atoms with Gasteiger partial charge in [-0.1, -0.05) is 18.1 Å². The van der Waals surface area contributed by atoms with Crippen LogP contribution in [0.5, 0.6) is 5.75 Å². The van der Waals surface area contributed by atoms with Gasteiger partial charge < -0.3 is 25.5 Å². The average Bonchev–Trinajstić information content (AvgIpc) is 3.86. The molecule has 3 N–H and O–H groups in total. The quantitative estimate of drug-likeness (QED) is 0.452. The fraction of sp³-hybridized carbons (Fsp3) is 0.433. The van der Waals surface area contributed by atoms with Crippen LogP contribution in [0, 0.1) is 17.8 Å². The Hall–Kier alpha value is -4.43. The molecule has 3 aliphatic rings. The first-order chi connectivity index (χ1) is 20.0. The zero-order valence-electron chi connectivity index (χ0n) is 23.1. The van der Waals surface area contributed by atoms with Crippen LogP contribution in [0.25, 0.3) is 11.3 Å². The summed E-state index contributed by atoms with van der Waals surface area (Å²) in [7, 11) is 0. The normalized spacial score (nSPS) is 18.0. The van der Waals surface area contributed by atoms with E-state index in [0.717, 1.165) is 83.1 Å². The topological polar surface area (TPSA) is 128 Å². The summed E-state index contributed by atoms with van der Waals surface area (Å²) in [5.74, 6) is 8.87. The summed E-state index contributed by atoms with van der Waals surface area (Å²) >= 11 is 0. The third kappa shape index (κ3) is 6.33. The zero-order valence-corrected chi connectivity index (χ0v) is 23.1. The Morgan fingerprint density at radius 2 is 1.76 bits per heavy atom. The summed E-state index contributed by atoms with van der Waals surface area (Å²) in [6.45, 7) is 7.05. The molecular formula is C30H35N9O2. The van der Waals surface area contributed by atoms with E-state index in [9.17, 15) is 9.90 Å². The molecule has 2 saturated heterocycles. The number of anilines is 3. The molecule has 0 unspecified atom stereocenters. The number of aromatic hydroxyl groups is 1. The number of phenolic OH excluding ortho intramolecular Hbond substituents is 1. The van der Waals surface area contributed by atoms with E-state index in [2.05, 4.69) is 41.7 Å². The summed E-state index contributed by atoms with van der Waals surface area (Å²) < 4.78 is 0. The van der Waals surface area contributed by atoms with Gasteiger partial charge in [0, 0.05) is 70.0 Å². The molecule has 11 nitrogen and oxygen atoms in total. The Balaban J connectivity index is 1.06. The van der Waals surface area contributed by atoms with Crippen LogP contribution in [0.15, 0.2) is 42.6 Å². The molecule has 4 heterocycles. The number of phenols is 1. The smallest absolute Gasteiger partial charge is 0.225 e. The van der Waals surface area contributed by atoms with Crippen LogP contribution >= 0.6 is 0 Å². The molecule has 2 aromatic heterocycles. The molecule has 1 aromatic carbocycles. The summed E-state index contributed by atoms with van der Waals surface area (Å²) in [6, 6.07) is 10.9. The van der Waals surface area contributed by atoms with E-state index in [1.54, 1.807) is 18.3 Å². The largest absolute Gasteiger partial charge is 0.507 e. The highest BCUT2D eigenvalue weighted by Crippen LogP contribution is 2.32. The van der Waals surface area contributed by atoms with E-state index < -0.39 is 0 Å². The molecule has 2 aliphatic heterocycles. The Labute approximate surface area is 240 Å². The molecule has 6 rings (SSSR count). The van der Waals surface area contributed by atoms with Crippen molar-refractivity contribution in [1.82, 2.24) is 30.0 Å². The highest BCUT2D eigenvalue weighted by atomic mass is 16.3. The first kappa shape index (κ1) is 26.8. The van der Waals surface area contributed by atoms with E-state index in [-0.39, 0.29) is 11.7 Å². The van der Waals surface area contributed by atoms with Gasteiger partial charge in [0.25, 0.3) is 0 Å². The van der Waals surface area contributed by atoms with Gasteiger partial charge in [-0.3, -0.25) is 9.69 Å². The number of para-hydroxylation sites is 1. The van der Waals surface area contributed by atoms with Gasteiger partial charge in [-0.05, 0) is 49.4 Å². The predicted octanol–water partition coefficient (Wildman–Crippen LogP) is 1.84. The van der Waals surface area contributed by atoms with E-state index >= 15 is 0 Å². The number of benzene rings is 1. The van der Waals surface area contributed by atoms with Gasteiger partial charge >= 0.3 is 0 Å². The Bertz CT molecular complexity index is 1460. The number of nitrogens with zero attached hydrogens (tertiary/aromatic N) is 8. The van der Waals surface area contributed by atoms with Crippen molar-refractivity contribution < 1.29 is 9.90 Å². The zero-order chi connectivity index (χ0) is 28.2. The van der Waals surface area contributed by atoms with Gasteiger partial charge in [-0.15, -0.1) is 10.2 Å². The molecule has 41 heavy (non-hydrogen) atoms. The molecule has 1 saturated carbocycles. The number of carbonyl (C=O) groups excluding carboxylic acids is 1. The van der Waals surface area contributed by atoms with Crippen LogP contribution in [-0.4, -0.2) is 99.9 Å². The van der Waals surface area contributed by atoms with E-state index in [4.69, 9.17) is 10.7 Å². The van der Waals surface area contributed by atoms with Gasteiger partial charge in [-0.25, -0.2) is 9.97 Å². The van der Waals surface area contributed by atoms with E-state index in [1.165, 1.54) is 0 Å². The van der Waals surface area contributed by atoms with Gasteiger partial charge in [0.1, 0.15) is 11.6 Å². The number of rotatable bonds is 5. The lowest BCUT2D eigenvalue weighted by atomic mass is 10.1. The number of nitrogens with two attached hydrogens (primary N) is 1. The summed E-state index contributed by atoms with van der Waals surface area (Å²) in [5.41, 5.74) is 8.26. The second-order valence-corrected chi connectivity index (χ2v) is 10.8. The minimum absolute atomic E-state index is 0.158. The lowest BCUT2D eigenvalue weighted by Crippen LogP contribution is -2.49. The predicted molar refractivity (Wildman–Crippen MR) is 157 cm³/mol. The van der Waals surface area contributed by atoms with Crippen molar-refractivity contribution in [1.29, 1.82) is 0 Å². The first-order valence-corrected chi connectivity index (χ1v) is 14.3. The molecular weight excluding hydrogens is 518 g/mol. The van der Waals surface area contributed by atoms with Crippen LogP contribution in [0.2, 0.25) is 0 Å². The molecule has 3 fully saturated rings. The number of hydrogen-bond donors (Lipinski definition) is 2. The molecule has 0 atom stereocenters. The number of amides is 1. The molecule has 1 aliphatic carbocycles. The summed E-state index contributed by atoms with van der Waals surface area (Å²) in [4.78, 5) is 30.1.